The van der Waals surface area contributed by atoms with Crippen molar-refractivity contribution in [3.8, 4) is 0 Å². The molecule has 0 aliphatic carbocycles. The minimum Gasteiger partial charge on any atom is -0.271 e. The van der Waals surface area contributed by atoms with Gasteiger partial charge in [0.05, 0.1) is 0 Å². The summed E-state index contributed by atoms with van der Waals surface area (Å²) < 4.78 is 36.2. The molecule has 3 N–H and O–H groups in total. The molecule has 1 rings (SSSR count). The molecule has 0 amide bonds. The maximum absolute atomic E-state index is 12.1. The van der Waals surface area contributed by atoms with Crippen LogP contribution in [0.4, 0.5) is 13.2 Å². The van der Waals surface area contributed by atoms with Crippen LogP contribution in [0.25, 0.3) is 0 Å². The third-order valence-electron chi connectivity index (χ3n) is 2.20. The van der Waals surface area contributed by atoms with Gasteiger partial charge in [-0.15, -0.1) is 0 Å². The molecule has 1 unspecified atom stereocenters. The molecule has 0 radical (unpaired) electrons. The lowest BCUT2D eigenvalue weighted by Crippen LogP contribution is -2.29. The Morgan fingerprint density at radius 3 is 2.44 bits per heavy atom. The fourth-order valence-corrected chi connectivity index (χ4v) is 1.66. The maximum atomic E-state index is 12.1. The second kappa shape index (κ2) is 5.52. The summed E-state index contributed by atoms with van der Waals surface area (Å²) in [4.78, 5) is 0. The molecule has 0 heterocycles. The number of nitrogens with one attached hydrogen (secondary N) is 1. The summed E-state index contributed by atoms with van der Waals surface area (Å²) in [5.74, 6) is 5.23. The van der Waals surface area contributed by atoms with Crippen LogP contribution in [0, 0.1) is 0 Å². The number of halogens is 4. The smallest absolute Gasteiger partial charge is 0.271 e. The first-order valence-corrected chi connectivity index (χ1v) is 5.09. The van der Waals surface area contributed by atoms with E-state index in [1.165, 1.54) is 0 Å². The predicted octanol–water partition coefficient (Wildman–Crippen LogP) is 3.19. The van der Waals surface area contributed by atoms with Crippen molar-refractivity contribution in [3.05, 3.63) is 34.9 Å². The SMILES string of the molecule is NNC(CCC(F)(F)F)c1ccccc1Cl. The maximum Gasteiger partial charge on any atom is 0.389 e. The van der Waals surface area contributed by atoms with Gasteiger partial charge in [0, 0.05) is 17.5 Å². The molecule has 0 bridgehead atoms. The largest absolute Gasteiger partial charge is 0.389 e. The molecular formula is C10H12ClF3N2. The lowest BCUT2D eigenvalue weighted by molar-refractivity contribution is -0.136. The van der Waals surface area contributed by atoms with Crippen LogP contribution in [0.3, 0.4) is 0 Å². The molecule has 90 valence electrons. The van der Waals surface area contributed by atoms with Crippen LogP contribution >= 0.6 is 11.6 Å². The van der Waals surface area contributed by atoms with Gasteiger partial charge in [-0.25, -0.2) is 0 Å². The molecule has 1 aromatic carbocycles. The number of benzene rings is 1. The van der Waals surface area contributed by atoms with Crippen LogP contribution in [-0.4, -0.2) is 6.18 Å². The highest BCUT2D eigenvalue weighted by Gasteiger charge is 2.28. The van der Waals surface area contributed by atoms with Crippen LogP contribution in [0.2, 0.25) is 5.02 Å². The Labute approximate surface area is 96.6 Å². The summed E-state index contributed by atoms with van der Waals surface area (Å²) >= 11 is 5.87. The highest BCUT2D eigenvalue weighted by atomic mass is 35.5. The molecule has 0 aromatic heterocycles. The van der Waals surface area contributed by atoms with Crippen molar-refractivity contribution in [2.75, 3.05) is 0 Å². The van der Waals surface area contributed by atoms with Gasteiger partial charge < -0.3 is 0 Å². The van der Waals surface area contributed by atoms with Crippen molar-refractivity contribution in [2.24, 2.45) is 5.84 Å². The zero-order valence-electron chi connectivity index (χ0n) is 8.39. The van der Waals surface area contributed by atoms with Gasteiger partial charge in [0.2, 0.25) is 0 Å². The molecule has 0 saturated heterocycles. The van der Waals surface area contributed by atoms with Crippen LogP contribution in [0.15, 0.2) is 24.3 Å². The normalized spacial score (nSPS) is 13.8. The summed E-state index contributed by atoms with van der Waals surface area (Å²) in [6.07, 6.45) is -5.22. The number of hydrogen-bond donors (Lipinski definition) is 2. The molecule has 6 heteroatoms. The quantitative estimate of drug-likeness (QED) is 0.638. The highest BCUT2D eigenvalue weighted by Crippen LogP contribution is 2.30. The Morgan fingerprint density at radius 1 is 1.31 bits per heavy atom. The van der Waals surface area contributed by atoms with E-state index in [1.807, 2.05) is 0 Å². The fourth-order valence-electron chi connectivity index (χ4n) is 1.39. The van der Waals surface area contributed by atoms with Crippen molar-refractivity contribution in [2.45, 2.75) is 25.1 Å². The van der Waals surface area contributed by atoms with Gasteiger partial charge in [0.15, 0.2) is 0 Å². The fraction of sp³-hybridized carbons (Fsp3) is 0.400. The first-order chi connectivity index (χ1) is 7.44. The number of hydrazine groups is 1. The minimum absolute atomic E-state index is 0.135. The van der Waals surface area contributed by atoms with Crippen molar-refractivity contribution in [3.63, 3.8) is 0 Å². The Balaban J connectivity index is 2.72. The summed E-state index contributed by atoms with van der Waals surface area (Å²) in [5, 5.41) is 0.410. The second-order valence-corrected chi connectivity index (χ2v) is 3.80. The molecule has 0 aliphatic heterocycles. The Bertz CT molecular complexity index is 341. The first-order valence-electron chi connectivity index (χ1n) is 4.71. The predicted molar refractivity (Wildman–Crippen MR) is 56.8 cm³/mol. The molecule has 1 atom stereocenters. The lowest BCUT2D eigenvalue weighted by atomic mass is 10.0. The van der Waals surface area contributed by atoms with Gasteiger partial charge >= 0.3 is 6.18 Å². The van der Waals surface area contributed by atoms with Crippen molar-refractivity contribution >= 4 is 11.6 Å². The summed E-state index contributed by atoms with van der Waals surface area (Å²) in [7, 11) is 0. The lowest BCUT2D eigenvalue weighted by Gasteiger charge is -2.18. The first kappa shape index (κ1) is 13.3. The van der Waals surface area contributed by atoms with E-state index in [0.717, 1.165) is 0 Å². The minimum atomic E-state index is -4.18. The Morgan fingerprint density at radius 2 is 1.94 bits per heavy atom. The second-order valence-electron chi connectivity index (χ2n) is 3.39. The van der Waals surface area contributed by atoms with Crippen LogP contribution in [0.1, 0.15) is 24.4 Å². The number of hydrogen-bond acceptors (Lipinski definition) is 2. The Kier molecular flexibility index (Phi) is 4.58. The molecule has 0 saturated carbocycles. The van der Waals surface area contributed by atoms with Gasteiger partial charge in [0.1, 0.15) is 0 Å². The summed E-state index contributed by atoms with van der Waals surface area (Å²) in [6.45, 7) is 0. The average Bonchev–Trinajstić information content (AvgIpc) is 2.20. The third kappa shape index (κ3) is 4.00. The van der Waals surface area contributed by atoms with E-state index in [1.54, 1.807) is 24.3 Å². The zero-order valence-corrected chi connectivity index (χ0v) is 9.15. The van der Waals surface area contributed by atoms with Crippen molar-refractivity contribution in [1.82, 2.24) is 5.43 Å². The molecule has 0 spiro atoms. The molecule has 2 nitrogen and oxygen atoms in total. The van der Waals surface area contributed by atoms with E-state index >= 15 is 0 Å². The van der Waals surface area contributed by atoms with Gasteiger partial charge in [-0.1, -0.05) is 29.8 Å². The van der Waals surface area contributed by atoms with Gasteiger partial charge in [-0.3, -0.25) is 11.3 Å². The van der Waals surface area contributed by atoms with Gasteiger partial charge in [-0.05, 0) is 18.1 Å². The van der Waals surface area contributed by atoms with E-state index < -0.39 is 18.6 Å². The monoisotopic (exact) mass is 252 g/mol. The topological polar surface area (TPSA) is 38.0 Å². The molecule has 0 aliphatic rings. The summed E-state index contributed by atoms with van der Waals surface area (Å²) in [5.41, 5.74) is 2.93. The average molecular weight is 253 g/mol. The molecule has 16 heavy (non-hydrogen) atoms. The van der Waals surface area contributed by atoms with E-state index in [4.69, 9.17) is 17.4 Å². The van der Waals surface area contributed by atoms with Crippen LogP contribution in [0.5, 0.6) is 0 Å². The standard InChI is InChI=1S/C10H12ClF3N2/c11-8-4-2-1-3-7(8)9(16-15)5-6-10(12,13)14/h1-4,9,16H,5-6,15H2. The van der Waals surface area contributed by atoms with Crippen LogP contribution < -0.4 is 11.3 Å². The number of nitrogens with two attached hydrogens (primary N) is 1. The van der Waals surface area contributed by atoms with E-state index in [2.05, 4.69) is 5.43 Å². The van der Waals surface area contributed by atoms with E-state index in [9.17, 15) is 13.2 Å². The third-order valence-corrected chi connectivity index (χ3v) is 2.54. The number of rotatable bonds is 4. The Hall–Kier alpha value is -0.780. The number of alkyl halides is 3. The van der Waals surface area contributed by atoms with Gasteiger partial charge in [-0.2, -0.15) is 13.2 Å². The van der Waals surface area contributed by atoms with Crippen molar-refractivity contribution < 1.29 is 13.2 Å². The molecule has 0 fully saturated rings. The van der Waals surface area contributed by atoms with E-state index in [0.29, 0.717) is 10.6 Å². The molecule has 1 aromatic rings. The van der Waals surface area contributed by atoms with E-state index in [-0.39, 0.29) is 6.42 Å². The molecular weight excluding hydrogens is 241 g/mol. The summed E-state index contributed by atoms with van der Waals surface area (Å²) in [6, 6.07) is 6.11. The zero-order chi connectivity index (χ0) is 12.2. The van der Waals surface area contributed by atoms with Crippen molar-refractivity contribution in [1.29, 1.82) is 0 Å². The van der Waals surface area contributed by atoms with Gasteiger partial charge in [0.25, 0.3) is 0 Å². The highest BCUT2D eigenvalue weighted by molar-refractivity contribution is 6.31. The van der Waals surface area contributed by atoms with Crippen LogP contribution in [-0.2, 0) is 0 Å².